The monoisotopic (exact) mass is 441 g/mol. The summed E-state index contributed by atoms with van der Waals surface area (Å²) in [5.41, 5.74) is 1.85. The third-order valence-electron chi connectivity index (χ3n) is 4.16. The number of amides is 2. The molecule has 31 heavy (non-hydrogen) atoms. The number of benzene rings is 2. The fourth-order valence-electron chi connectivity index (χ4n) is 2.78. The molecule has 0 saturated heterocycles. The first kappa shape index (κ1) is 22.1. The Balaban J connectivity index is 1.49. The average molecular weight is 442 g/mol. The Bertz CT molecular complexity index is 1080. The van der Waals surface area contributed by atoms with Crippen molar-refractivity contribution in [2.45, 2.75) is 0 Å². The van der Waals surface area contributed by atoms with Gasteiger partial charge in [-0.15, -0.1) is 0 Å². The number of hydrogen-bond acceptors (Lipinski definition) is 5. The van der Waals surface area contributed by atoms with Crippen LogP contribution in [0.25, 0.3) is 5.69 Å². The predicted molar refractivity (Wildman–Crippen MR) is 117 cm³/mol. The Hall–Kier alpha value is -3.62. The van der Waals surface area contributed by atoms with Crippen LogP contribution in [-0.4, -0.2) is 42.7 Å². The summed E-state index contributed by atoms with van der Waals surface area (Å²) >= 11 is 5.89. The minimum atomic E-state index is -0.639. The molecule has 3 rings (SSSR count). The molecule has 0 aliphatic heterocycles. The van der Waals surface area contributed by atoms with Crippen LogP contribution in [0.5, 0.6) is 0 Å². The van der Waals surface area contributed by atoms with Gasteiger partial charge in [0.1, 0.15) is 13.2 Å². The SMILES string of the molecule is COC(=O)c1cc(Cl)ccc1NC(=O)COCC(=O)Nc1cccc(-n2cccc2)c1. The number of ether oxygens (including phenoxy) is 2. The molecule has 0 aliphatic carbocycles. The summed E-state index contributed by atoms with van der Waals surface area (Å²) in [6.45, 7) is -0.689. The van der Waals surface area contributed by atoms with Crippen LogP contribution in [0.1, 0.15) is 10.4 Å². The number of esters is 1. The van der Waals surface area contributed by atoms with Crippen LogP contribution in [0.3, 0.4) is 0 Å². The van der Waals surface area contributed by atoms with Gasteiger partial charge in [-0.2, -0.15) is 0 Å². The van der Waals surface area contributed by atoms with Crippen molar-refractivity contribution in [2.24, 2.45) is 0 Å². The van der Waals surface area contributed by atoms with Crippen LogP contribution in [0.4, 0.5) is 11.4 Å². The fraction of sp³-hybridized carbons (Fsp3) is 0.136. The number of nitrogens with one attached hydrogen (secondary N) is 2. The summed E-state index contributed by atoms with van der Waals surface area (Å²) in [6.07, 6.45) is 3.80. The van der Waals surface area contributed by atoms with E-state index in [0.29, 0.717) is 10.7 Å². The average Bonchev–Trinajstić information content (AvgIpc) is 3.29. The molecule has 160 valence electrons. The van der Waals surface area contributed by atoms with Crippen molar-refractivity contribution in [1.29, 1.82) is 0 Å². The molecule has 0 atom stereocenters. The van der Waals surface area contributed by atoms with Gasteiger partial charge in [-0.1, -0.05) is 17.7 Å². The van der Waals surface area contributed by atoms with E-state index < -0.39 is 17.8 Å². The molecule has 0 radical (unpaired) electrons. The van der Waals surface area contributed by atoms with Gasteiger partial charge in [0, 0.05) is 28.8 Å². The van der Waals surface area contributed by atoms with Crippen LogP contribution >= 0.6 is 11.6 Å². The second kappa shape index (κ2) is 10.4. The summed E-state index contributed by atoms with van der Waals surface area (Å²) in [7, 11) is 1.23. The van der Waals surface area contributed by atoms with E-state index in [2.05, 4.69) is 15.4 Å². The molecule has 2 N–H and O–H groups in total. The lowest BCUT2D eigenvalue weighted by Crippen LogP contribution is -2.24. The van der Waals surface area contributed by atoms with Gasteiger partial charge >= 0.3 is 5.97 Å². The highest BCUT2D eigenvalue weighted by molar-refractivity contribution is 6.31. The van der Waals surface area contributed by atoms with E-state index in [1.165, 1.54) is 25.3 Å². The lowest BCUT2D eigenvalue weighted by atomic mass is 10.2. The maximum absolute atomic E-state index is 12.1. The van der Waals surface area contributed by atoms with Crippen molar-refractivity contribution in [1.82, 2.24) is 4.57 Å². The summed E-state index contributed by atoms with van der Waals surface area (Å²) < 4.78 is 11.8. The second-order valence-corrected chi connectivity index (χ2v) is 6.85. The molecule has 0 bridgehead atoms. The Morgan fingerprint density at radius 1 is 0.935 bits per heavy atom. The number of anilines is 2. The third-order valence-corrected chi connectivity index (χ3v) is 4.39. The highest BCUT2D eigenvalue weighted by atomic mass is 35.5. The van der Waals surface area contributed by atoms with E-state index in [9.17, 15) is 14.4 Å². The van der Waals surface area contributed by atoms with Crippen molar-refractivity contribution < 1.29 is 23.9 Å². The van der Waals surface area contributed by atoms with Crippen LogP contribution < -0.4 is 10.6 Å². The number of methoxy groups -OCH3 is 1. The third kappa shape index (κ3) is 6.18. The topological polar surface area (TPSA) is 98.7 Å². The van der Waals surface area contributed by atoms with Gasteiger partial charge in [0.25, 0.3) is 0 Å². The highest BCUT2D eigenvalue weighted by Crippen LogP contribution is 2.21. The molecule has 1 heterocycles. The molecular formula is C22H20ClN3O5. The zero-order valence-electron chi connectivity index (χ0n) is 16.6. The van der Waals surface area contributed by atoms with Gasteiger partial charge in [0.15, 0.2) is 0 Å². The van der Waals surface area contributed by atoms with E-state index in [4.69, 9.17) is 16.3 Å². The van der Waals surface area contributed by atoms with Gasteiger partial charge in [-0.3, -0.25) is 9.59 Å². The van der Waals surface area contributed by atoms with Crippen LogP contribution in [-0.2, 0) is 19.1 Å². The van der Waals surface area contributed by atoms with Crippen molar-refractivity contribution in [2.75, 3.05) is 31.0 Å². The molecule has 0 aliphatic rings. The van der Waals surface area contributed by atoms with Crippen LogP contribution in [0, 0.1) is 0 Å². The van der Waals surface area contributed by atoms with E-state index in [1.54, 1.807) is 6.07 Å². The van der Waals surface area contributed by atoms with E-state index in [-0.39, 0.29) is 24.5 Å². The van der Waals surface area contributed by atoms with Gasteiger partial charge in [0.2, 0.25) is 11.8 Å². The molecule has 8 nitrogen and oxygen atoms in total. The van der Waals surface area contributed by atoms with E-state index in [0.717, 1.165) is 5.69 Å². The minimum absolute atomic E-state index is 0.115. The molecule has 2 aromatic carbocycles. The number of aromatic nitrogens is 1. The van der Waals surface area contributed by atoms with Gasteiger partial charge in [-0.25, -0.2) is 4.79 Å². The minimum Gasteiger partial charge on any atom is -0.465 e. The zero-order valence-corrected chi connectivity index (χ0v) is 17.4. The Morgan fingerprint density at radius 3 is 2.35 bits per heavy atom. The normalized spacial score (nSPS) is 10.4. The molecular weight excluding hydrogens is 422 g/mol. The summed E-state index contributed by atoms with van der Waals surface area (Å²) in [4.78, 5) is 36.1. The Labute approximate surface area is 183 Å². The Kier molecular flexibility index (Phi) is 7.42. The number of carbonyl (C=O) groups excluding carboxylic acids is 3. The number of hydrogen-bond donors (Lipinski definition) is 2. The lowest BCUT2D eigenvalue weighted by molar-refractivity contribution is -0.125. The lowest BCUT2D eigenvalue weighted by Gasteiger charge is -2.11. The molecule has 0 unspecified atom stereocenters. The first-order valence-electron chi connectivity index (χ1n) is 9.25. The number of rotatable bonds is 8. The summed E-state index contributed by atoms with van der Waals surface area (Å²) in [6, 6.07) is 15.5. The maximum atomic E-state index is 12.1. The second-order valence-electron chi connectivity index (χ2n) is 6.41. The van der Waals surface area contributed by atoms with Crippen molar-refractivity contribution in [3.63, 3.8) is 0 Å². The molecule has 1 aromatic heterocycles. The summed E-state index contributed by atoms with van der Waals surface area (Å²) in [5, 5.41) is 5.59. The smallest absolute Gasteiger partial charge is 0.340 e. The summed E-state index contributed by atoms with van der Waals surface area (Å²) in [5.74, 6) is -1.57. The van der Waals surface area contributed by atoms with E-state index >= 15 is 0 Å². The largest absolute Gasteiger partial charge is 0.465 e. The molecule has 0 fully saturated rings. The number of nitrogens with zero attached hydrogens (tertiary/aromatic N) is 1. The standard InChI is InChI=1S/C22H20ClN3O5/c1-30-22(29)18-11-15(23)7-8-19(18)25-21(28)14-31-13-20(27)24-16-5-4-6-17(12-16)26-9-2-3-10-26/h2-12H,13-14H2,1H3,(H,24,27)(H,25,28). The molecule has 9 heteroatoms. The maximum Gasteiger partial charge on any atom is 0.340 e. The quantitative estimate of drug-likeness (QED) is 0.521. The number of halogens is 1. The van der Waals surface area contributed by atoms with E-state index in [1.807, 2.05) is 47.3 Å². The van der Waals surface area contributed by atoms with Gasteiger partial charge in [-0.05, 0) is 48.5 Å². The van der Waals surface area contributed by atoms with Gasteiger partial charge < -0.3 is 24.7 Å². The van der Waals surface area contributed by atoms with Crippen LogP contribution in [0.15, 0.2) is 67.0 Å². The van der Waals surface area contributed by atoms with Crippen molar-refractivity contribution in [3.05, 3.63) is 77.6 Å². The van der Waals surface area contributed by atoms with Crippen LogP contribution in [0.2, 0.25) is 5.02 Å². The Morgan fingerprint density at radius 2 is 1.65 bits per heavy atom. The number of carbonyl (C=O) groups is 3. The molecule has 2 amide bonds. The van der Waals surface area contributed by atoms with Gasteiger partial charge in [0.05, 0.1) is 18.4 Å². The molecule has 3 aromatic rings. The fourth-order valence-corrected chi connectivity index (χ4v) is 2.95. The zero-order chi connectivity index (χ0) is 22.2. The van der Waals surface area contributed by atoms with Crippen molar-refractivity contribution in [3.8, 4) is 5.69 Å². The first-order valence-corrected chi connectivity index (χ1v) is 9.63. The van der Waals surface area contributed by atoms with Crippen molar-refractivity contribution >= 4 is 40.8 Å². The first-order chi connectivity index (χ1) is 15.0. The highest BCUT2D eigenvalue weighted by Gasteiger charge is 2.15. The molecule has 0 spiro atoms. The molecule has 0 saturated carbocycles. The predicted octanol–water partition coefficient (Wildman–Crippen LogP) is 3.51.